The summed E-state index contributed by atoms with van der Waals surface area (Å²) in [7, 11) is -0.552. The zero-order chi connectivity index (χ0) is 22.9. The summed E-state index contributed by atoms with van der Waals surface area (Å²) in [5, 5.41) is 4.85. The Kier molecular flexibility index (Phi) is 6.08. The molecule has 4 rings (SSSR count). The first-order valence-corrected chi connectivity index (χ1v) is 11.9. The van der Waals surface area contributed by atoms with E-state index in [4.69, 9.17) is 9.47 Å². The second-order valence-electron chi connectivity index (χ2n) is 7.94. The van der Waals surface area contributed by atoms with Gasteiger partial charge in [-0.1, -0.05) is 24.3 Å². The largest absolute Gasteiger partial charge is 0.497 e. The van der Waals surface area contributed by atoms with Crippen LogP contribution in [0, 0.1) is 0 Å². The number of hydrogen-bond donors (Lipinski definition) is 2. The summed E-state index contributed by atoms with van der Waals surface area (Å²) in [6, 6.07) is 16.0. The highest BCUT2D eigenvalue weighted by Crippen LogP contribution is 2.31. The standard InChI is InChI=1S/C24H26N2O5S/c1-15(16-4-5-18-13-20(30-2)9-6-17(18)12-16)24(27)25-22-14-21(10-11-23(22)31-3)32(28,29)26-19-7-8-19/h4-6,9-15,19,26H,7-8H2,1-3H3,(H,25,27)/t15-/m0/s1. The second-order valence-corrected chi connectivity index (χ2v) is 9.66. The van der Waals surface area contributed by atoms with Crippen LogP contribution in [0.3, 0.4) is 0 Å². The maximum atomic E-state index is 13.0. The topological polar surface area (TPSA) is 93.7 Å². The molecule has 32 heavy (non-hydrogen) atoms. The number of fused-ring (bicyclic) bond motifs is 1. The Hall–Kier alpha value is -3.10. The molecule has 0 radical (unpaired) electrons. The van der Waals surface area contributed by atoms with E-state index in [9.17, 15) is 13.2 Å². The van der Waals surface area contributed by atoms with Crippen LogP contribution in [0.5, 0.6) is 11.5 Å². The van der Waals surface area contributed by atoms with Crippen molar-refractivity contribution in [2.24, 2.45) is 0 Å². The molecule has 0 unspecified atom stereocenters. The minimum Gasteiger partial charge on any atom is -0.497 e. The Labute approximate surface area is 187 Å². The van der Waals surface area contributed by atoms with Crippen molar-refractivity contribution in [3.8, 4) is 11.5 Å². The van der Waals surface area contributed by atoms with Gasteiger partial charge in [0, 0.05) is 6.04 Å². The lowest BCUT2D eigenvalue weighted by molar-refractivity contribution is -0.117. The first-order valence-electron chi connectivity index (χ1n) is 10.4. The van der Waals surface area contributed by atoms with E-state index in [2.05, 4.69) is 10.0 Å². The summed E-state index contributed by atoms with van der Waals surface area (Å²) >= 11 is 0. The Morgan fingerprint density at radius 3 is 2.38 bits per heavy atom. The third-order valence-corrected chi connectivity index (χ3v) is 7.12. The number of rotatable bonds is 8. The molecule has 1 amide bonds. The van der Waals surface area contributed by atoms with Gasteiger partial charge in [0.15, 0.2) is 0 Å². The summed E-state index contributed by atoms with van der Waals surface area (Å²) in [6.07, 6.45) is 1.68. The van der Waals surface area contributed by atoms with Gasteiger partial charge in [-0.15, -0.1) is 0 Å². The van der Waals surface area contributed by atoms with Crippen molar-refractivity contribution in [2.45, 2.75) is 36.6 Å². The maximum Gasteiger partial charge on any atom is 0.240 e. The number of sulfonamides is 1. The highest BCUT2D eigenvalue weighted by atomic mass is 32.2. The second kappa shape index (κ2) is 8.80. The Balaban J connectivity index is 1.57. The van der Waals surface area contributed by atoms with E-state index in [1.807, 2.05) is 43.3 Å². The van der Waals surface area contributed by atoms with Gasteiger partial charge in [-0.05, 0) is 66.4 Å². The number of carbonyl (C=O) groups is 1. The van der Waals surface area contributed by atoms with Crippen molar-refractivity contribution in [3.05, 3.63) is 60.2 Å². The van der Waals surface area contributed by atoms with Crippen molar-refractivity contribution in [1.82, 2.24) is 4.72 Å². The van der Waals surface area contributed by atoms with Crippen LogP contribution in [0.15, 0.2) is 59.5 Å². The van der Waals surface area contributed by atoms with Gasteiger partial charge >= 0.3 is 0 Å². The first kappa shape index (κ1) is 22.1. The predicted molar refractivity (Wildman–Crippen MR) is 124 cm³/mol. The molecule has 3 aromatic carbocycles. The van der Waals surface area contributed by atoms with E-state index in [1.165, 1.54) is 19.2 Å². The third-order valence-electron chi connectivity index (χ3n) is 5.60. The lowest BCUT2D eigenvalue weighted by Gasteiger charge is -2.16. The van der Waals surface area contributed by atoms with Gasteiger partial charge in [0.1, 0.15) is 11.5 Å². The minimum atomic E-state index is -3.65. The monoisotopic (exact) mass is 454 g/mol. The van der Waals surface area contributed by atoms with Gasteiger partial charge in [0.05, 0.1) is 30.7 Å². The summed E-state index contributed by atoms with van der Waals surface area (Å²) < 4.78 is 38.4. The van der Waals surface area contributed by atoms with Gasteiger partial charge in [0.25, 0.3) is 0 Å². The van der Waals surface area contributed by atoms with E-state index < -0.39 is 15.9 Å². The fraction of sp³-hybridized carbons (Fsp3) is 0.292. The number of ether oxygens (including phenoxy) is 2. The normalized spacial score (nSPS) is 14.7. The molecular weight excluding hydrogens is 428 g/mol. The molecule has 3 aromatic rings. The van der Waals surface area contributed by atoms with Crippen LogP contribution < -0.4 is 19.5 Å². The Morgan fingerprint density at radius 2 is 1.69 bits per heavy atom. The number of methoxy groups -OCH3 is 2. The zero-order valence-corrected chi connectivity index (χ0v) is 19.0. The number of anilines is 1. The smallest absolute Gasteiger partial charge is 0.240 e. The molecule has 168 valence electrons. The molecule has 0 aliphatic heterocycles. The predicted octanol–water partition coefficient (Wildman–Crippen LogP) is 4.04. The van der Waals surface area contributed by atoms with Gasteiger partial charge < -0.3 is 14.8 Å². The molecule has 1 aliphatic rings. The lowest BCUT2D eigenvalue weighted by Crippen LogP contribution is -2.26. The quantitative estimate of drug-likeness (QED) is 0.536. The number of carbonyl (C=O) groups excluding carboxylic acids is 1. The molecule has 8 heteroatoms. The average molecular weight is 455 g/mol. The molecule has 1 aliphatic carbocycles. The lowest BCUT2D eigenvalue weighted by atomic mass is 9.97. The average Bonchev–Trinajstić information content (AvgIpc) is 3.61. The highest BCUT2D eigenvalue weighted by molar-refractivity contribution is 7.89. The third kappa shape index (κ3) is 4.71. The van der Waals surface area contributed by atoms with Crippen LogP contribution in [-0.4, -0.2) is 34.6 Å². The molecular formula is C24H26N2O5S. The summed E-state index contributed by atoms with van der Waals surface area (Å²) in [6.45, 7) is 1.81. The van der Waals surface area contributed by atoms with Gasteiger partial charge in [-0.25, -0.2) is 13.1 Å². The summed E-state index contributed by atoms with van der Waals surface area (Å²) in [5.41, 5.74) is 1.16. The molecule has 0 saturated heterocycles. The number of nitrogens with one attached hydrogen (secondary N) is 2. The van der Waals surface area contributed by atoms with Crippen LogP contribution >= 0.6 is 0 Å². The number of amides is 1. The van der Waals surface area contributed by atoms with Crippen molar-refractivity contribution < 1.29 is 22.7 Å². The van der Waals surface area contributed by atoms with E-state index in [0.29, 0.717) is 11.4 Å². The molecule has 1 saturated carbocycles. The molecule has 0 heterocycles. The van der Waals surface area contributed by atoms with E-state index in [1.54, 1.807) is 13.2 Å². The number of hydrogen-bond acceptors (Lipinski definition) is 5. The van der Waals surface area contributed by atoms with E-state index in [-0.39, 0.29) is 16.8 Å². The Morgan fingerprint density at radius 1 is 0.969 bits per heavy atom. The van der Waals surface area contributed by atoms with Crippen molar-refractivity contribution in [2.75, 3.05) is 19.5 Å². The summed E-state index contributed by atoms with van der Waals surface area (Å²) in [4.78, 5) is 13.1. The first-order chi connectivity index (χ1) is 15.3. The zero-order valence-electron chi connectivity index (χ0n) is 18.2. The van der Waals surface area contributed by atoms with Crippen molar-refractivity contribution in [3.63, 3.8) is 0 Å². The van der Waals surface area contributed by atoms with Crippen LogP contribution in [0.25, 0.3) is 10.8 Å². The van der Waals surface area contributed by atoms with Crippen LogP contribution in [0.4, 0.5) is 5.69 Å². The fourth-order valence-electron chi connectivity index (χ4n) is 3.47. The molecule has 0 spiro atoms. The summed E-state index contributed by atoms with van der Waals surface area (Å²) in [5.74, 6) is 0.438. The van der Waals surface area contributed by atoms with Crippen LogP contribution in [-0.2, 0) is 14.8 Å². The SMILES string of the molecule is COc1ccc2cc([C@H](C)C(=O)Nc3cc(S(=O)(=O)NC4CC4)ccc3OC)ccc2c1. The Bertz CT molecular complexity index is 1270. The molecule has 0 aromatic heterocycles. The van der Waals surface area contributed by atoms with Crippen molar-refractivity contribution in [1.29, 1.82) is 0 Å². The maximum absolute atomic E-state index is 13.0. The van der Waals surface area contributed by atoms with Crippen molar-refractivity contribution >= 4 is 32.4 Å². The van der Waals surface area contributed by atoms with Crippen LogP contribution in [0.1, 0.15) is 31.2 Å². The number of benzene rings is 3. The minimum absolute atomic E-state index is 0.00645. The van der Waals surface area contributed by atoms with E-state index in [0.717, 1.165) is 34.9 Å². The van der Waals surface area contributed by atoms with Gasteiger partial charge in [-0.2, -0.15) is 0 Å². The molecule has 0 bridgehead atoms. The van der Waals surface area contributed by atoms with Crippen LogP contribution in [0.2, 0.25) is 0 Å². The highest BCUT2D eigenvalue weighted by Gasteiger charge is 2.28. The fourth-order valence-corrected chi connectivity index (χ4v) is 4.80. The molecule has 1 fully saturated rings. The molecule has 1 atom stereocenters. The van der Waals surface area contributed by atoms with E-state index >= 15 is 0 Å². The molecule has 2 N–H and O–H groups in total. The van der Waals surface area contributed by atoms with Gasteiger partial charge in [-0.3, -0.25) is 4.79 Å². The molecule has 7 nitrogen and oxygen atoms in total. The van der Waals surface area contributed by atoms with Gasteiger partial charge in [0.2, 0.25) is 15.9 Å².